The summed E-state index contributed by atoms with van der Waals surface area (Å²) in [5.74, 6) is -0.319. The van der Waals surface area contributed by atoms with Gasteiger partial charge in [-0.25, -0.2) is 9.67 Å². The van der Waals surface area contributed by atoms with E-state index >= 15 is 0 Å². The zero-order chi connectivity index (χ0) is 23.2. The minimum atomic E-state index is -1.00. The first-order valence-corrected chi connectivity index (χ1v) is 10.4. The number of carbonyl (C=O) groups excluding carboxylic acids is 1. The summed E-state index contributed by atoms with van der Waals surface area (Å²) in [5, 5.41) is 19.9. The van der Waals surface area contributed by atoms with Gasteiger partial charge in [-0.05, 0) is 42.3 Å². The number of anilines is 2. The number of rotatable bonds is 8. The van der Waals surface area contributed by atoms with E-state index in [9.17, 15) is 14.7 Å². The highest BCUT2D eigenvalue weighted by Gasteiger charge is 2.23. The van der Waals surface area contributed by atoms with Crippen LogP contribution in [-0.2, 0) is 4.79 Å². The molecule has 0 spiro atoms. The summed E-state index contributed by atoms with van der Waals surface area (Å²) in [4.78, 5) is 28.9. The summed E-state index contributed by atoms with van der Waals surface area (Å²) in [6.07, 6.45) is 1.42. The predicted molar refractivity (Wildman–Crippen MR) is 125 cm³/mol. The maximum atomic E-state index is 13.1. The number of aliphatic carboxylic acids is 1. The van der Waals surface area contributed by atoms with Crippen molar-refractivity contribution >= 4 is 23.5 Å². The highest BCUT2D eigenvalue weighted by Crippen LogP contribution is 2.24. The Morgan fingerprint density at radius 3 is 2.42 bits per heavy atom. The smallest absolute Gasteiger partial charge is 0.305 e. The summed E-state index contributed by atoms with van der Waals surface area (Å²) in [5.41, 5.74) is 2.57. The highest BCUT2D eigenvalue weighted by molar-refractivity contribution is 5.94. The Morgan fingerprint density at radius 2 is 1.73 bits per heavy atom. The average molecular weight is 441 g/mol. The number of aromatic nitrogens is 3. The standard InChI is InChI=1S/C25H23N5O3/c1-17-9-5-6-12-19(17)20(16-24(31)32)27-25(33)21-15-23(28-22-13-7-8-14-26-22)30(29-21)18-10-3-2-4-11-18/h2-15,20H,16H2,1H3,(H,26,28)(H,27,33)(H,31,32)/t20-/m0/s1. The number of nitrogens with zero attached hydrogens (tertiary/aromatic N) is 3. The number of carboxylic acids is 1. The van der Waals surface area contributed by atoms with Crippen molar-refractivity contribution in [1.29, 1.82) is 0 Å². The molecule has 8 nitrogen and oxygen atoms in total. The van der Waals surface area contributed by atoms with Crippen molar-refractivity contribution in [3.63, 3.8) is 0 Å². The third-order valence-electron chi connectivity index (χ3n) is 5.11. The molecule has 0 aliphatic rings. The Bertz CT molecular complexity index is 1260. The van der Waals surface area contributed by atoms with Crippen LogP contribution in [0, 0.1) is 6.92 Å². The van der Waals surface area contributed by atoms with Crippen molar-refractivity contribution in [3.05, 3.63) is 102 Å². The van der Waals surface area contributed by atoms with Crippen LogP contribution in [0.1, 0.15) is 34.1 Å². The Morgan fingerprint density at radius 1 is 1.00 bits per heavy atom. The summed E-state index contributed by atoms with van der Waals surface area (Å²) >= 11 is 0. The van der Waals surface area contributed by atoms with Gasteiger partial charge in [0.05, 0.1) is 18.2 Å². The fourth-order valence-electron chi connectivity index (χ4n) is 3.54. The van der Waals surface area contributed by atoms with Crippen molar-refractivity contribution in [3.8, 4) is 5.69 Å². The van der Waals surface area contributed by atoms with E-state index in [0.29, 0.717) is 11.6 Å². The van der Waals surface area contributed by atoms with Crippen LogP contribution in [0.25, 0.3) is 5.69 Å². The van der Waals surface area contributed by atoms with Gasteiger partial charge in [0.25, 0.3) is 5.91 Å². The van der Waals surface area contributed by atoms with Crippen LogP contribution in [0.2, 0.25) is 0 Å². The van der Waals surface area contributed by atoms with Gasteiger partial charge in [-0.2, -0.15) is 5.10 Å². The van der Waals surface area contributed by atoms with E-state index in [-0.39, 0.29) is 12.1 Å². The summed E-state index contributed by atoms with van der Waals surface area (Å²) in [7, 11) is 0. The van der Waals surface area contributed by atoms with Crippen LogP contribution < -0.4 is 10.6 Å². The lowest BCUT2D eigenvalue weighted by Crippen LogP contribution is -2.31. The Kier molecular flexibility index (Phi) is 6.45. The molecule has 0 aliphatic heterocycles. The molecule has 1 amide bonds. The number of hydrogen-bond donors (Lipinski definition) is 3. The minimum Gasteiger partial charge on any atom is -0.481 e. The van der Waals surface area contributed by atoms with Gasteiger partial charge in [0, 0.05) is 12.3 Å². The van der Waals surface area contributed by atoms with E-state index in [1.807, 2.05) is 79.7 Å². The van der Waals surface area contributed by atoms with Crippen LogP contribution in [0.3, 0.4) is 0 Å². The molecule has 0 saturated heterocycles. The number of carbonyl (C=O) groups is 2. The molecule has 3 N–H and O–H groups in total. The number of para-hydroxylation sites is 1. The first kappa shape index (κ1) is 21.8. The number of carboxylic acid groups (broad SMARTS) is 1. The highest BCUT2D eigenvalue weighted by atomic mass is 16.4. The molecule has 0 radical (unpaired) electrons. The van der Waals surface area contributed by atoms with E-state index in [1.54, 1.807) is 16.9 Å². The SMILES string of the molecule is Cc1ccccc1[C@H](CC(=O)O)NC(=O)c1cc(Nc2ccccn2)n(-c2ccccc2)n1. The molecule has 4 rings (SSSR count). The molecule has 4 aromatic rings. The number of aryl methyl sites for hydroxylation is 1. The summed E-state index contributed by atoms with van der Waals surface area (Å²) in [6, 6.07) is 23.2. The number of nitrogens with one attached hydrogen (secondary N) is 2. The normalized spacial score (nSPS) is 11.5. The first-order chi connectivity index (χ1) is 16.0. The zero-order valence-electron chi connectivity index (χ0n) is 18.0. The van der Waals surface area contributed by atoms with Gasteiger partial charge in [-0.3, -0.25) is 9.59 Å². The lowest BCUT2D eigenvalue weighted by Gasteiger charge is -2.18. The predicted octanol–water partition coefficient (Wildman–Crippen LogP) is 4.27. The maximum Gasteiger partial charge on any atom is 0.305 e. The van der Waals surface area contributed by atoms with E-state index in [1.165, 1.54) is 0 Å². The van der Waals surface area contributed by atoms with Crippen molar-refractivity contribution in [1.82, 2.24) is 20.1 Å². The van der Waals surface area contributed by atoms with Crippen molar-refractivity contribution in [2.75, 3.05) is 5.32 Å². The molecule has 1 atom stereocenters. The van der Waals surface area contributed by atoms with Gasteiger partial charge in [0.15, 0.2) is 5.69 Å². The molecule has 166 valence electrons. The Labute approximate surface area is 190 Å². The molecule has 0 unspecified atom stereocenters. The van der Waals surface area contributed by atoms with Crippen LogP contribution in [0.15, 0.2) is 85.1 Å². The van der Waals surface area contributed by atoms with Crippen LogP contribution in [0.5, 0.6) is 0 Å². The average Bonchev–Trinajstić information content (AvgIpc) is 3.24. The molecule has 0 aliphatic carbocycles. The lowest BCUT2D eigenvalue weighted by molar-refractivity contribution is -0.137. The molecular formula is C25H23N5O3. The summed E-state index contributed by atoms with van der Waals surface area (Å²) in [6.45, 7) is 1.88. The van der Waals surface area contributed by atoms with Crippen molar-refractivity contribution in [2.45, 2.75) is 19.4 Å². The molecule has 33 heavy (non-hydrogen) atoms. The Balaban J connectivity index is 1.66. The number of hydrogen-bond acceptors (Lipinski definition) is 5. The molecule has 0 bridgehead atoms. The van der Waals surface area contributed by atoms with Crippen molar-refractivity contribution in [2.24, 2.45) is 0 Å². The van der Waals surface area contributed by atoms with Crippen LogP contribution >= 0.6 is 0 Å². The fourth-order valence-corrected chi connectivity index (χ4v) is 3.54. The summed E-state index contributed by atoms with van der Waals surface area (Å²) < 4.78 is 1.61. The van der Waals surface area contributed by atoms with E-state index in [4.69, 9.17) is 0 Å². The molecule has 2 aromatic carbocycles. The van der Waals surface area contributed by atoms with Gasteiger partial charge < -0.3 is 15.7 Å². The molecule has 0 saturated carbocycles. The minimum absolute atomic E-state index is 0.154. The largest absolute Gasteiger partial charge is 0.481 e. The quantitative estimate of drug-likeness (QED) is 0.377. The molecule has 0 fully saturated rings. The van der Waals surface area contributed by atoms with E-state index in [0.717, 1.165) is 16.8 Å². The lowest BCUT2D eigenvalue weighted by atomic mass is 9.98. The second-order valence-electron chi connectivity index (χ2n) is 7.48. The van der Waals surface area contributed by atoms with E-state index < -0.39 is 17.9 Å². The first-order valence-electron chi connectivity index (χ1n) is 10.4. The van der Waals surface area contributed by atoms with Gasteiger partial charge in [0.1, 0.15) is 11.6 Å². The molecule has 8 heteroatoms. The maximum absolute atomic E-state index is 13.1. The van der Waals surface area contributed by atoms with Crippen molar-refractivity contribution < 1.29 is 14.7 Å². The van der Waals surface area contributed by atoms with Gasteiger partial charge in [-0.1, -0.05) is 48.5 Å². The fraction of sp³-hybridized carbons (Fsp3) is 0.120. The topological polar surface area (TPSA) is 109 Å². The third-order valence-corrected chi connectivity index (χ3v) is 5.11. The van der Waals surface area contributed by atoms with E-state index in [2.05, 4.69) is 20.7 Å². The molecular weight excluding hydrogens is 418 g/mol. The van der Waals surface area contributed by atoms with Crippen LogP contribution in [0.4, 0.5) is 11.6 Å². The number of amides is 1. The third kappa shape index (κ3) is 5.24. The monoisotopic (exact) mass is 441 g/mol. The second-order valence-corrected chi connectivity index (χ2v) is 7.48. The number of pyridine rings is 1. The van der Waals surface area contributed by atoms with Gasteiger partial charge in [0.2, 0.25) is 0 Å². The number of benzene rings is 2. The Hall–Kier alpha value is -4.46. The second kappa shape index (κ2) is 9.78. The van der Waals surface area contributed by atoms with Gasteiger partial charge in [-0.15, -0.1) is 0 Å². The molecule has 2 heterocycles. The molecule has 2 aromatic heterocycles. The van der Waals surface area contributed by atoms with Crippen LogP contribution in [-0.4, -0.2) is 31.7 Å². The van der Waals surface area contributed by atoms with Gasteiger partial charge >= 0.3 is 5.97 Å². The zero-order valence-corrected chi connectivity index (χ0v) is 18.0.